The van der Waals surface area contributed by atoms with Gasteiger partial charge in [-0.05, 0) is 28.1 Å². The third-order valence-corrected chi connectivity index (χ3v) is 3.03. The molecule has 12 heavy (non-hydrogen) atoms. The number of halogens is 1. The van der Waals surface area contributed by atoms with Crippen LogP contribution in [0.3, 0.4) is 0 Å². The molecule has 0 aromatic carbocycles. The molecule has 0 saturated heterocycles. The van der Waals surface area contributed by atoms with Gasteiger partial charge in [0.05, 0.1) is 10.3 Å². The Morgan fingerprint density at radius 1 is 1.67 bits per heavy atom. The largest absolute Gasteiger partial charge is 0.351 e. The zero-order valence-corrected chi connectivity index (χ0v) is 9.17. The van der Waals surface area contributed by atoms with Crippen LogP contribution >= 0.6 is 27.3 Å². The highest BCUT2D eigenvalue weighted by molar-refractivity contribution is 9.11. The van der Waals surface area contributed by atoms with Gasteiger partial charge >= 0.3 is 0 Å². The Bertz CT molecular complexity index is 272. The Balaban J connectivity index is 2.38. The predicted molar refractivity (Wildman–Crippen MR) is 54.2 cm³/mol. The van der Waals surface area contributed by atoms with Crippen LogP contribution in [-0.4, -0.2) is 5.91 Å². The second-order valence-corrected chi connectivity index (χ2v) is 4.88. The van der Waals surface area contributed by atoms with Crippen molar-refractivity contribution in [1.82, 2.24) is 5.32 Å². The molecule has 0 aliphatic rings. The van der Waals surface area contributed by atoms with Crippen molar-refractivity contribution < 1.29 is 4.79 Å². The molecule has 1 N–H and O–H groups in total. The lowest BCUT2D eigenvalue weighted by Crippen LogP contribution is -2.20. The van der Waals surface area contributed by atoms with Crippen molar-refractivity contribution in [3.8, 4) is 0 Å². The van der Waals surface area contributed by atoms with Gasteiger partial charge < -0.3 is 5.32 Å². The van der Waals surface area contributed by atoms with E-state index in [1.165, 1.54) is 4.88 Å². The second-order valence-electron chi connectivity index (χ2n) is 2.34. The lowest BCUT2D eigenvalue weighted by atomic mass is 10.4. The Hall–Kier alpha value is -0.350. The first-order valence-electron chi connectivity index (χ1n) is 3.73. The van der Waals surface area contributed by atoms with Crippen LogP contribution in [0.4, 0.5) is 0 Å². The molecule has 0 aliphatic heterocycles. The van der Waals surface area contributed by atoms with Crippen LogP contribution in [0.1, 0.15) is 18.2 Å². The van der Waals surface area contributed by atoms with Crippen LogP contribution in [0, 0.1) is 0 Å². The van der Waals surface area contributed by atoms with Crippen molar-refractivity contribution in [3.63, 3.8) is 0 Å². The van der Waals surface area contributed by atoms with Crippen molar-refractivity contribution in [2.24, 2.45) is 0 Å². The summed E-state index contributed by atoms with van der Waals surface area (Å²) in [6, 6.07) is 3.99. The predicted octanol–water partition coefficient (Wildman–Crippen LogP) is 2.54. The minimum atomic E-state index is 0.0968. The summed E-state index contributed by atoms with van der Waals surface area (Å²) in [5.41, 5.74) is 0. The maximum Gasteiger partial charge on any atom is 0.220 e. The molecule has 0 atom stereocenters. The first kappa shape index (κ1) is 9.74. The van der Waals surface area contributed by atoms with E-state index in [2.05, 4.69) is 21.2 Å². The van der Waals surface area contributed by atoms with Gasteiger partial charge in [0.25, 0.3) is 0 Å². The van der Waals surface area contributed by atoms with Crippen molar-refractivity contribution >= 4 is 33.2 Å². The third-order valence-electron chi connectivity index (χ3n) is 1.41. The highest BCUT2D eigenvalue weighted by Gasteiger charge is 1.99. The fraction of sp³-hybridized carbons (Fsp3) is 0.375. The molecular formula is C8H10BrNOS. The summed E-state index contributed by atoms with van der Waals surface area (Å²) in [5.74, 6) is 0.0968. The molecule has 0 fully saturated rings. The van der Waals surface area contributed by atoms with Gasteiger partial charge in [0.2, 0.25) is 5.91 Å². The highest BCUT2D eigenvalue weighted by atomic mass is 79.9. The van der Waals surface area contributed by atoms with Crippen LogP contribution in [0.25, 0.3) is 0 Å². The minimum Gasteiger partial charge on any atom is -0.351 e. The summed E-state index contributed by atoms with van der Waals surface area (Å²) in [6.45, 7) is 2.49. The molecule has 66 valence electrons. The van der Waals surface area contributed by atoms with E-state index in [0.29, 0.717) is 13.0 Å². The van der Waals surface area contributed by atoms with Gasteiger partial charge in [-0.15, -0.1) is 11.3 Å². The molecule has 1 amide bonds. The summed E-state index contributed by atoms with van der Waals surface area (Å²) in [4.78, 5) is 12.0. The van der Waals surface area contributed by atoms with Gasteiger partial charge in [0.1, 0.15) is 0 Å². The Kier molecular flexibility index (Phi) is 3.75. The first-order valence-corrected chi connectivity index (χ1v) is 5.34. The molecule has 0 unspecified atom stereocenters. The van der Waals surface area contributed by atoms with Crippen molar-refractivity contribution in [2.75, 3.05) is 0 Å². The Labute approximate surface area is 84.1 Å². The lowest BCUT2D eigenvalue weighted by molar-refractivity contribution is -0.120. The maximum atomic E-state index is 10.9. The molecule has 0 bridgehead atoms. The Morgan fingerprint density at radius 3 is 2.92 bits per heavy atom. The third kappa shape index (κ3) is 2.95. The van der Waals surface area contributed by atoms with E-state index in [1.807, 2.05) is 19.1 Å². The summed E-state index contributed by atoms with van der Waals surface area (Å²) in [6.07, 6.45) is 0.548. The van der Waals surface area contributed by atoms with E-state index in [-0.39, 0.29) is 5.91 Å². The van der Waals surface area contributed by atoms with Crippen molar-refractivity contribution in [2.45, 2.75) is 19.9 Å². The molecule has 1 rings (SSSR count). The summed E-state index contributed by atoms with van der Waals surface area (Å²) < 4.78 is 1.10. The van der Waals surface area contributed by atoms with Crippen LogP contribution in [0.15, 0.2) is 15.9 Å². The number of hydrogen-bond acceptors (Lipinski definition) is 2. The summed E-state index contributed by atoms with van der Waals surface area (Å²) in [5, 5.41) is 2.81. The molecule has 1 aromatic heterocycles. The number of nitrogens with one attached hydrogen (secondary N) is 1. The standard InChI is InChI=1S/C8H10BrNOS/c1-2-8(11)10-5-6-3-4-7(9)12-6/h3-4H,2,5H2,1H3,(H,10,11). The smallest absolute Gasteiger partial charge is 0.220 e. The zero-order valence-electron chi connectivity index (χ0n) is 6.76. The molecule has 0 spiro atoms. The number of hydrogen-bond donors (Lipinski definition) is 1. The van der Waals surface area contributed by atoms with E-state index < -0.39 is 0 Å². The molecule has 0 saturated carbocycles. The number of thiophene rings is 1. The van der Waals surface area contributed by atoms with Crippen LogP contribution in [-0.2, 0) is 11.3 Å². The van der Waals surface area contributed by atoms with Crippen molar-refractivity contribution in [1.29, 1.82) is 0 Å². The lowest BCUT2D eigenvalue weighted by Gasteiger charge is -1.99. The molecule has 0 aliphatic carbocycles. The van der Waals surface area contributed by atoms with Gasteiger partial charge in [-0.2, -0.15) is 0 Å². The van der Waals surface area contributed by atoms with E-state index in [0.717, 1.165) is 3.79 Å². The fourth-order valence-electron chi connectivity index (χ4n) is 0.757. The van der Waals surface area contributed by atoms with E-state index in [9.17, 15) is 4.79 Å². The molecule has 1 heterocycles. The quantitative estimate of drug-likeness (QED) is 0.874. The Morgan fingerprint density at radius 2 is 2.42 bits per heavy atom. The van der Waals surface area contributed by atoms with Gasteiger partial charge in [-0.3, -0.25) is 4.79 Å². The number of amides is 1. The monoisotopic (exact) mass is 247 g/mol. The molecule has 0 radical (unpaired) electrons. The SMILES string of the molecule is CCC(=O)NCc1ccc(Br)s1. The minimum absolute atomic E-state index is 0.0968. The number of carbonyl (C=O) groups is 1. The average molecular weight is 248 g/mol. The number of rotatable bonds is 3. The van der Waals surface area contributed by atoms with Crippen LogP contribution in [0.5, 0.6) is 0 Å². The topological polar surface area (TPSA) is 29.1 Å². The summed E-state index contributed by atoms with van der Waals surface area (Å²) >= 11 is 5.00. The first-order chi connectivity index (χ1) is 5.72. The normalized spacial score (nSPS) is 9.83. The fourth-order valence-corrected chi connectivity index (χ4v) is 2.18. The molecule has 4 heteroatoms. The van der Waals surface area contributed by atoms with E-state index >= 15 is 0 Å². The molecular weight excluding hydrogens is 238 g/mol. The van der Waals surface area contributed by atoms with Crippen LogP contribution in [0.2, 0.25) is 0 Å². The van der Waals surface area contributed by atoms with Gasteiger partial charge in [0.15, 0.2) is 0 Å². The average Bonchev–Trinajstić information content (AvgIpc) is 2.47. The van der Waals surface area contributed by atoms with E-state index in [4.69, 9.17) is 0 Å². The summed E-state index contributed by atoms with van der Waals surface area (Å²) in [7, 11) is 0. The van der Waals surface area contributed by atoms with Gasteiger partial charge in [0, 0.05) is 11.3 Å². The van der Waals surface area contributed by atoms with Gasteiger partial charge in [-0.1, -0.05) is 6.92 Å². The maximum absolute atomic E-state index is 10.9. The number of carbonyl (C=O) groups excluding carboxylic acids is 1. The van der Waals surface area contributed by atoms with E-state index in [1.54, 1.807) is 11.3 Å². The zero-order chi connectivity index (χ0) is 8.97. The van der Waals surface area contributed by atoms with Gasteiger partial charge in [-0.25, -0.2) is 0 Å². The van der Waals surface area contributed by atoms with Crippen molar-refractivity contribution in [3.05, 3.63) is 20.8 Å². The molecule has 2 nitrogen and oxygen atoms in total. The van der Waals surface area contributed by atoms with Crippen LogP contribution < -0.4 is 5.32 Å². The highest BCUT2D eigenvalue weighted by Crippen LogP contribution is 2.21. The second kappa shape index (κ2) is 4.62. The molecule has 1 aromatic rings.